The van der Waals surface area contributed by atoms with E-state index in [1.165, 1.54) is 38.5 Å². The molecular weight excluding hydrogens is 302 g/mol. The number of amides is 1. The Morgan fingerprint density at radius 3 is 2.12 bits per heavy atom. The fraction of sp³-hybridized carbons (Fsp3) is 0.900. The normalized spacial score (nSPS) is 44.6. The molecule has 0 heterocycles. The molecule has 4 heteroatoms. The smallest absolute Gasteiger partial charge is 0.309 e. The largest absolute Gasteiger partial charge is 0.481 e. The zero-order valence-corrected chi connectivity index (χ0v) is 14.7. The topological polar surface area (TPSA) is 66.4 Å². The summed E-state index contributed by atoms with van der Waals surface area (Å²) in [6.45, 7) is 0. The standard InChI is InChI=1S/C20H31NO3/c22-17(16-13-14-5-3-1-2-4-6-15(14)16)21-20-10-7-19(8-11-20,9-12-20)18(23)24/h14-16H,1-13H2,(H,21,22)(H,23,24). The summed E-state index contributed by atoms with van der Waals surface area (Å²) in [4.78, 5) is 24.5. The summed E-state index contributed by atoms with van der Waals surface area (Å²) in [7, 11) is 0. The Morgan fingerprint density at radius 2 is 1.50 bits per heavy atom. The molecule has 0 spiro atoms. The third-order valence-corrected chi connectivity index (χ3v) is 7.97. The van der Waals surface area contributed by atoms with Crippen LogP contribution in [-0.2, 0) is 9.59 Å². The lowest BCUT2D eigenvalue weighted by atomic mass is 9.56. The number of carboxylic acids is 1. The van der Waals surface area contributed by atoms with Crippen molar-refractivity contribution in [3.63, 3.8) is 0 Å². The molecule has 0 aromatic rings. The van der Waals surface area contributed by atoms with Crippen LogP contribution in [0.2, 0.25) is 0 Å². The van der Waals surface area contributed by atoms with Gasteiger partial charge >= 0.3 is 5.97 Å². The second-order valence-electron chi connectivity index (χ2n) is 9.11. The van der Waals surface area contributed by atoms with E-state index >= 15 is 0 Å². The van der Waals surface area contributed by atoms with Crippen molar-refractivity contribution in [1.82, 2.24) is 5.32 Å². The summed E-state index contributed by atoms with van der Waals surface area (Å²) in [5.41, 5.74) is -0.589. The minimum absolute atomic E-state index is 0.0962. The molecule has 0 aliphatic heterocycles. The zero-order valence-electron chi connectivity index (χ0n) is 14.7. The number of carbonyl (C=O) groups is 2. The van der Waals surface area contributed by atoms with Crippen molar-refractivity contribution in [3.05, 3.63) is 0 Å². The lowest BCUT2D eigenvalue weighted by molar-refractivity contribution is -0.157. The molecule has 0 saturated heterocycles. The Kier molecular flexibility index (Phi) is 4.12. The minimum Gasteiger partial charge on any atom is -0.481 e. The number of carboxylic acid groups (broad SMARTS) is 1. The number of carbonyl (C=O) groups excluding carboxylic acids is 1. The average molecular weight is 333 g/mol. The van der Waals surface area contributed by atoms with E-state index in [9.17, 15) is 14.7 Å². The number of hydrogen-bond donors (Lipinski definition) is 2. The highest BCUT2D eigenvalue weighted by Gasteiger charge is 2.54. The van der Waals surface area contributed by atoms with Crippen LogP contribution in [0.5, 0.6) is 0 Å². The van der Waals surface area contributed by atoms with Crippen molar-refractivity contribution in [2.45, 2.75) is 89.0 Å². The van der Waals surface area contributed by atoms with E-state index in [-0.39, 0.29) is 17.4 Å². The molecule has 2 N–H and O–H groups in total. The second kappa shape index (κ2) is 6.03. The summed E-state index contributed by atoms with van der Waals surface area (Å²) in [5, 5.41) is 12.9. The van der Waals surface area contributed by atoms with Gasteiger partial charge in [0.05, 0.1) is 5.41 Å². The van der Waals surface area contributed by atoms with E-state index in [1.807, 2.05) is 0 Å². The Labute approximate surface area is 144 Å². The minimum atomic E-state index is -0.626. The molecule has 0 aromatic heterocycles. The SMILES string of the molecule is O=C(NC12CCC(C(=O)O)(CC1)CC2)C1CC2CCCCCCC21. The summed E-state index contributed by atoms with van der Waals surface area (Å²) < 4.78 is 0. The molecule has 3 unspecified atom stereocenters. The third kappa shape index (κ3) is 2.66. The van der Waals surface area contributed by atoms with E-state index in [0.29, 0.717) is 5.92 Å². The van der Waals surface area contributed by atoms with Crippen LogP contribution in [-0.4, -0.2) is 22.5 Å². The average Bonchev–Trinajstić information content (AvgIpc) is 2.55. The van der Waals surface area contributed by atoms with Crippen LogP contribution in [0.1, 0.15) is 83.5 Å². The predicted octanol–water partition coefficient (Wildman–Crippen LogP) is 3.89. The molecular formula is C20H31NO3. The lowest BCUT2D eigenvalue weighted by Gasteiger charge is -2.53. The first kappa shape index (κ1) is 16.4. The van der Waals surface area contributed by atoms with Gasteiger partial charge in [0.1, 0.15) is 0 Å². The van der Waals surface area contributed by atoms with Gasteiger partial charge in [-0.15, -0.1) is 0 Å². The number of rotatable bonds is 3. The molecule has 134 valence electrons. The van der Waals surface area contributed by atoms with Gasteiger partial charge in [-0.1, -0.05) is 32.1 Å². The number of aliphatic carboxylic acids is 1. The van der Waals surface area contributed by atoms with Crippen molar-refractivity contribution in [2.24, 2.45) is 23.2 Å². The molecule has 0 aromatic carbocycles. The van der Waals surface area contributed by atoms with Gasteiger partial charge in [0, 0.05) is 11.5 Å². The molecule has 5 aliphatic rings. The van der Waals surface area contributed by atoms with Gasteiger partial charge < -0.3 is 10.4 Å². The van der Waals surface area contributed by atoms with Crippen molar-refractivity contribution < 1.29 is 14.7 Å². The molecule has 3 atom stereocenters. The quantitative estimate of drug-likeness (QED) is 0.823. The molecule has 1 amide bonds. The van der Waals surface area contributed by atoms with Gasteiger partial charge in [-0.3, -0.25) is 9.59 Å². The van der Waals surface area contributed by atoms with E-state index in [2.05, 4.69) is 5.32 Å². The number of hydrogen-bond acceptors (Lipinski definition) is 2. The third-order valence-electron chi connectivity index (χ3n) is 7.97. The molecule has 4 nitrogen and oxygen atoms in total. The molecule has 5 fully saturated rings. The summed E-state index contributed by atoms with van der Waals surface area (Å²) in [5.74, 6) is 1.29. The van der Waals surface area contributed by atoms with Gasteiger partial charge in [0.25, 0.3) is 0 Å². The first-order chi connectivity index (χ1) is 11.5. The highest BCUT2D eigenvalue weighted by atomic mass is 16.4. The van der Waals surface area contributed by atoms with Gasteiger partial charge in [-0.2, -0.15) is 0 Å². The highest BCUT2D eigenvalue weighted by Crippen LogP contribution is 2.53. The van der Waals surface area contributed by atoms with Crippen molar-refractivity contribution in [2.75, 3.05) is 0 Å². The Balaban J connectivity index is 1.36. The first-order valence-corrected chi connectivity index (χ1v) is 10.1. The Bertz CT molecular complexity index is 504. The number of nitrogens with one attached hydrogen (secondary N) is 1. The van der Waals surface area contributed by atoms with Crippen LogP contribution < -0.4 is 5.32 Å². The lowest BCUT2D eigenvalue weighted by Crippen LogP contribution is -2.60. The van der Waals surface area contributed by atoms with Gasteiger partial charge in [0.2, 0.25) is 5.91 Å². The monoisotopic (exact) mass is 333 g/mol. The maximum Gasteiger partial charge on any atom is 0.309 e. The molecule has 5 rings (SSSR count). The van der Waals surface area contributed by atoms with Gasteiger partial charge in [-0.25, -0.2) is 0 Å². The van der Waals surface area contributed by atoms with Crippen molar-refractivity contribution in [1.29, 1.82) is 0 Å². The van der Waals surface area contributed by atoms with Gasteiger partial charge in [-0.05, 0) is 63.2 Å². The molecule has 0 radical (unpaired) electrons. The predicted molar refractivity (Wildman–Crippen MR) is 91.4 cm³/mol. The molecule has 5 saturated carbocycles. The molecule has 2 bridgehead atoms. The summed E-state index contributed by atoms with van der Waals surface area (Å²) in [6, 6.07) is 0. The van der Waals surface area contributed by atoms with Crippen molar-refractivity contribution in [3.8, 4) is 0 Å². The van der Waals surface area contributed by atoms with Crippen LogP contribution >= 0.6 is 0 Å². The maximum atomic E-state index is 12.9. The fourth-order valence-electron chi connectivity index (χ4n) is 6.07. The van der Waals surface area contributed by atoms with Crippen LogP contribution in [0.15, 0.2) is 0 Å². The Morgan fingerprint density at radius 1 is 0.875 bits per heavy atom. The summed E-state index contributed by atoms with van der Waals surface area (Å²) >= 11 is 0. The van der Waals surface area contributed by atoms with E-state index in [0.717, 1.165) is 50.9 Å². The number of fused-ring (bicyclic) bond motifs is 4. The maximum absolute atomic E-state index is 12.9. The fourth-order valence-corrected chi connectivity index (χ4v) is 6.07. The second-order valence-corrected chi connectivity index (χ2v) is 9.11. The zero-order chi connectivity index (χ0) is 16.8. The van der Waals surface area contributed by atoms with E-state index < -0.39 is 11.4 Å². The van der Waals surface area contributed by atoms with Crippen LogP contribution in [0.3, 0.4) is 0 Å². The van der Waals surface area contributed by atoms with Crippen molar-refractivity contribution >= 4 is 11.9 Å². The van der Waals surface area contributed by atoms with Crippen LogP contribution in [0.25, 0.3) is 0 Å². The van der Waals surface area contributed by atoms with Crippen LogP contribution in [0.4, 0.5) is 0 Å². The first-order valence-electron chi connectivity index (χ1n) is 10.1. The Hall–Kier alpha value is -1.06. The highest BCUT2D eigenvalue weighted by molar-refractivity contribution is 5.81. The van der Waals surface area contributed by atoms with Gasteiger partial charge in [0.15, 0.2) is 0 Å². The van der Waals surface area contributed by atoms with Crippen LogP contribution in [0, 0.1) is 23.2 Å². The van der Waals surface area contributed by atoms with E-state index in [4.69, 9.17) is 0 Å². The molecule has 5 aliphatic carbocycles. The summed E-state index contributed by atoms with van der Waals surface area (Å²) in [6.07, 6.45) is 13.7. The molecule has 24 heavy (non-hydrogen) atoms. The van der Waals surface area contributed by atoms with E-state index in [1.54, 1.807) is 0 Å².